The summed E-state index contributed by atoms with van der Waals surface area (Å²) in [5.41, 5.74) is -0.892. The lowest BCUT2D eigenvalue weighted by molar-refractivity contribution is -0.382. The van der Waals surface area contributed by atoms with E-state index in [1.54, 1.807) is 0 Å². The van der Waals surface area contributed by atoms with Gasteiger partial charge in [0.2, 0.25) is 0 Å². The van der Waals surface area contributed by atoms with E-state index in [0.717, 1.165) is 0 Å². The fourth-order valence-electron chi connectivity index (χ4n) is 1.38. The zero-order valence-corrected chi connectivity index (χ0v) is 12.5. The first-order chi connectivity index (χ1) is 11.4. The number of sulfonamides is 1. The van der Waals surface area contributed by atoms with Gasteiger partial charge in [-0.1, -0.05) is 0 Å². The number of carbonyl (C=O) groups excluding carboxylic acids is 1. The number of nitrogens with one attached hydrogen (secondary N) is 1. The van der Waals surface area contributed by atoms with Gasteiger partial charge in [-0.15, -0.1) is 0 Å². The van der Waals surface area contributed by atoms with Crippen molar-refractivity contribution in [3.63, 3.8) is 0 Å². The van der Waals surface area contributed by atoms with Crippen molar-refractivity contribution in [3.05, 3.63) is 35.6 Å². The molecule has 1 aromatic carbocycles. The maximum absolute atomic E-state index is 13.4. The summed E-state index contributed by atoms with van der Waals surface area (Å²) in [6.07, 6.45) is -7.23. The quantitative estimate of drug-likeness (QED) is 0.743. The van der Waals surface area contributed by atoms with E-state index < -0.39 is 50.6 Å². The molecular weight excluding hydrogens is 416 g/mol. The second kappa shape index (κ2) is 6.28. The third kappa shape index (κ3) is 3.43. The molecule has 15 heteroatoms. The predicted octanol–water partition coefficient (Wildman–Crippen LogP) is 3.31. The molecule has 0 heterocycles. The Bertz CT molecular complexity index is 785. The van der Waals surface area contributed by atoms with Crippen LogP contribution >= 0.6 is 0 Å². The Kier molecular flexibility index (Phi) is 5.31. The fourth-order valence-corrected chi connectivity index (χ4v) is 2.33. The number of benzene rings is 1. The number of rotatable bonds is 5. The van der Waals surface area contributed by atoms with Crippen LogP contribution in [-0.2, 0) is 10.0 Å². The lowest BCUT2D eigenvalue weighted by Crippen LogP contribution is -2.65. The minimum atomic E-state index is -7.47. The van der Waals surface area contributed by atoms with Crippen molar-refractivity contribution in [3.8, 4) is 0 Å². The first-order valence-corrected chi connectivity index (χ1v) is 7.39. The molecule has 148 valence electrons. The number of halogens is 10. The number of hydrogen-bond acceptors (Lipinski definition) is 3. The van der Waals surface area contributed by atoms with Gasteiger partial charge in [0, 0.05) is 5.56 Å². The summed E-state index contributed by atoms with van der Waals surface area (Å²) in [4.78, 5) is 11.4. The van der Waals surface area contributed by atoms with Crippen LogP contribution < -0.4 is 4.72 Å². The van der Waals surface area contributed by atoms with Crippen molar-refractivity contribution in [2.45, 2.75) is 23.3 Å². The largest absolute Gasteiger partial charge is 0.460 e. The molecule has 26 heavy (non-hydrogen) atoms. The molecule has 0 spiro atoms. The SMILES string of the molecule is O=C(NS(=O)(=O)C(F)(F)C(F)(F)C(F)(F)C(F)(F)F)c1ccc(F)cc1. The minimum absolute atomic E-state index is 0.242. The highest BCUT2D eigenvalue weighted by Crippen LogP contribution is 2.54. The van der Waals surface area contributed by atoms with E-state index in [0.29, 0.717) is 24.3 Å². The average molecular weight is 421 g/mol. The van der Waals surface area contributed by atoms with Crippen molar-refractivity contribution < 1.29 is 57.1 Å². The third-order valence-corrected chi connectivity index (χ3v) is 4.17. The molecule has 0 radical (unpaired) electrons. The second-order valence-electron chi connectivity index (χ2n) is 4.60. The van der Waals surface area contributed by atoms with Crippen LogP contribution in [0.3, 0.4) is 0 Å². The van der Waals surface area contributed by atoms with Gasteiger partial charge >= 0.3 is 33.3 Å². The van der Waals surface area contributed by atoms with Crippen LogP contribution in [-0.4, -0.2) is 37.6 Å². The van der Waals surface area contributed by atoms with Crippen LogP contribution in [0.4, 0.5) is 43.9 Å². The molecule has 0 saturated heterocycles. The van der Waals surface area contributed by atoms with Crippen molar-refractivity contribution in [2.24, 2.45) is 0 Å². The standard InChI is InChI=1S/C11H5F10NO3S/c12-6-3-1-5(2-4-6)7(23)22-26(24,25)11(20,21)9(15,16)8(13,14)10(17,18)19/h1-4H,(H,22,23). The minimum Gasteiger partial charge on any atom is -0.268 e. The first-order valence-electron chi connectivity index (χ1n) is 5.91. The molecule has 0 saturated carbocycles. The van der Waals surface area contributed by atoms with Gasteiger partial charge in [-0.25, -0.2) is 9.11 Å². The number of carbonyl (C=O) groups is 1. The van der Waals surface area contributed by atoms with Crippen LogP contribution in [0.1, 0.15) is 10.4 Å². The van der Waals surface area contributed by atoms with Crippen molar-refractivity contribution in [2.75, 3.05) is 0 Å². The molecule has 0 aromatic heterocycles. The highest BCUT2D eigenvalue weighted by atomic mass is 32.2. The van der Waals surface area contributed by atoms with Crippen LogP contribution in [0.5, 0.6) is 0 Å². The van der Waals surface area contributed by atoms with E-state index in [9.17, 15) is 57.1 Å². The van der Waals surface area contributed by atoms with E-state index in [2.05, 4.69) is 0 Å². The van der Waals surface area contributed by atoms with Crippen molar-refractivity contribution >= 4 is 15.9 Å². The molecule has 1 aromatic rings. The molecule has 4 nitrogen and oxygen atoms in total. The Labute approximate surface area is 137 Å². The Morgan fingerprint density at radius 2 is 1.23 bits per heavy atom. The zero-order valence-electron chi connectivity index (χ0n) is 11.7. The molecule has 0 bridgehead atoms. The van der Waals surface area contributed by atoms with Gasteiger partial charge in [0.1, 0.15) is 5.82 Å². The molecule has 1 rings (SSSR count). The van der Waals surface area contributed by atoms with Gasteiger partial charge in [-0.05, 0) is 24.3 Å². The third-order valence-electron chi connectivity index (χ3n) is 2.79. The fraction of sp³-hybridized carbons (Fsp3) is 0.364. The summed E-state index contributed by atoms with van der Waals surface area (Å²) in [5, 5.41) is -7.05. The smallest absolute Gasteiger partial charge is 0.268 e. The number of amides is 1. The summed E-state index contributed by atoms with van der Waals surface area (Å²) in [6.45, 7) is 0. The van der Waals surface area contributed by atoms with Crippen molar-refractivity contribution in [1.29, 1.82) is 0 Å². The molecule has 0 aliphatic heterocycles. The Hall–Kier alpha value is -2.06. The average Bonchev–Trinajstić information content (AvgIpc) is 2.45. The maximum atomic E-state index is 13.4. The Morgan fingerprint density at radius 1 is 0.808 bits per heavy atom. The highest BCUT2D eigenvalue weighted by Gasteiger charge is 2.85. The monoisotopic (exact) mass is 421 g/mol. The molecule has 0 aliphatic carbocycles. The lowest BCUT2D eigenvalue weighted by Gasteiger charge is -2.32. The molecule has 0 atom stereocenters. The molecule has 0 unspecified atom stereocenters. The summed E-state index contributed by atoms with van der Waals surface area (Å²) in [7, 11) is -7.08. The van der Waals surface area contributed by atoms with Gasteiger partial charge in [0.15, 0.2) is 0 Å². The van der Waals surface area contributed by atoms with E-state index in [1.807, 2.05) is 0 Å². The Morgan fingerprint density at radius 3 is 1.62 bits per heavy atom. The summed E-state index contributed by atoms with van der Waals surface area (Å²) in [6, 6.07) is 2.04. The molecule has 0 aliphatic rings. The van der Waals surface area contributed by atoms with Gasteiger partial charge in [0.25, 0.3) is 5.91 Å². The van der Waals surface area contributed by atoms with Crippen LogP contribution in [0.25, 0.3) is 0 Å². The summed E-state index contributed by atoms with van der Waals surface area (Å²) < 4.78 is 149. The number of alkyl halides is 9. The predicted molar refractivity (Wildman–Crippen MR) is 63.7 cm³/mol. The van der Waals surface area contributed by atoms with Crippen molar-refractivity contribution in [1.82, 2.24) is 4.72 Å². The summed E-state index contributed by atoms with van der Waals surface area (Å²) >= 11 is 0. The van der Waals surface area contributed by atoms with E-state index >= 15 is 0 Å². The molecule has 1 N–H and O–H groups in total. The topological polar surface area (TPSA) is 63.2 Å². The maximum Gasteiger partial charge on any atom is 0.460 e. The highest BCUT2D eigenvalue weighted by molar-refractivity contribution is 7.91. The van der Waals surface area contributed by atoms with Crippen LogP contribution in [0.2, 0.25) is 0 Å². The van der Waals surface area contributed by atoms with Gasteiger partial charge < -0.3 is 0 Å². The van der Waals surface area contributed by atoms with Crippen LogP contribution in [0, 0.1) is 5.82 Å². The Balaban J connectivity index is 3.28. The van der Waals surface area contributed by atoms with E-state index in [4.69, 9.17) is 0 Å². The van der Waals surface area contributed by atoms with Crippen LogP contribution in [0.15, 0.2) is 24.3 Å². The second-order valence-corrected chi connectivity index (χ2v) is 6.33. The van der Waals surface area contributed by atoms with Gasteiger partial charge in [0.05, 0.1) is 0 Å². The van der Waals surface area contributed by atoms with Gasteiger partial charge in [-0.2, -0.15) is 47.9 Å². The van der Waals surface area contributed by atoms with E-state index in [1.165, 1.54) is 0 Å². The molecular formula is C11H5F10NO3S. The molecule has 0 fully saturated rings. The van der Waals surface area contributed by atoms with E-state index in [-0.39, 0.29) is 4.72 Å². The lowest BCUT2D eigenvalue weighted by atomic mass is 10.1. The zero-order chi connectivity index (χ0) is 20.8. The summed E-state index contributed by atoms with van der Waals surface area (Å²) in [5.74, 6) is -18.0. The van der Waals surface area contributed by atoms with Gasteiger partial charge in [-0.3, -0.25) is 4.79 Å². The molecule has 1 amide bonds. The normalized spacial score (nSPS) is 14.2. The number of hydrogen-bond donors (Lipinski definition) is 1. The first kappa shape index (κ1) is 22.0.